The Morgan fingerprint density at radius 1 is 1.50 bits per heavy atom. The predicted octanol–water partition coefficient (Wildman–Crippen LogP) is 2.40. The van der Waals surface area contributed by atoms with Gasteiger partial charge in [0.15, 0.2) is 0 Å². The summed E-state index contributed by atoms with van der Waals surface area (Å²) in [5, 5.41) is 2.11. The van der Waals surface area contributed by atoms with Crippen molar-refractivity contribution in [2.24, 2.45) is 5.84 Å². The maximum absolute atomic E-state index is 11.5. The van der Waals surface area contributed by atoms with Crippen molar-refractivity contribution < 1.29 is 4.79 Å². The lowest BCUT2D eigenvalue weighted by Gasteiger charge is -2.15. The molecule has 0 atom stereocenters. The van der Waals surface area contributed by atoms with Crippen LogP contribution in [0.3, 0.4) is 0 Å². The van der Waals surface area contributed by atoms with Crippen LogP contribution in [0.4, 0.5) is 0 Å². The number of carbonyl (C=O) groups excluding carboxylic acids is 1. The number of nitrogens with one attached hydrogen (secondary N) is 1. The van der Waals surface area contributed by atoms with Gasteiger partial charge in [0.25, 0.3) is 5.91 Å². The first-order valence-electron chi connectivity index (χ1n) is 6.41. The summed E-state index contributed by atoms with van der Waals surface area (Å²) in [6.45, 7) is 3.90. The quantitative estimate of drug-likeness (QED) is 0.489. The maximum atomic E-state index is 11.5. The molecule has 0 unspecified atom stereocenters. The summed E-state index contributed by atoms with van der Waals surface area (Å²) >= 11 is 3.28. The Morgan fingerprint density at radius 3 is 2.95 bits per heavy atom. The molecule has 2 aromatic rings. The summed E-state index contributed by atoms with van der Waals surface area (Å²) < 4.78 is 0. The molecule has 0 radical (unpaired) electrons. The topological polar surface area (TPSA) is 58.4 Å². The molecular formula is C14H19N3OS2. The van der Waals surface area contributed by atoms with E-state index in [4.69, 9.17) is 5.84 Å². The van der Waals surface area contributed by atoms with Crippen molar-refractivity contribution in [3.63, 3.8) is 0 Å². The first-order valence-corrected chi connectivity index (χ1v) is 8.11. The predicted molar refractivity (Wildman–Crippen MR) is 85.1 cm³/mol. The van der Waals surface area contributed by atoms with Gasteiger partial charge in [-0.05, 0) is 43.5 Å². The van der Waals surface area contributed by atoms with Gasteiger partial charge < -0.3 is 4.90 Å². The fraction of sp³-hybridized carbons (Fsp3) is 0.357. The second kappa shape index (κ2) is 6.99. The van der Waals surface area contributed by atoms with Crippen molar-refractivity contribution in [1.29, 1.82) is 0 Å². The van der Waals surface area contributed by atoms with Crippen LogP contribution in [0, 0.1) is 6.92 Å². The number of nitrogens with two attached hydrogens (primary N) is 1. The largest absolute Gasteiger partial charge is 0.302 e. The zero-order valence-corrected chi connectivity index (χ0v) is 13.3. The van der Waals surface area contributed by atoms with Gasteiger partial charge in [-0.2, -0.15) is 0 Å². The third kappa shape index (κ3) is 3.89. The van der Waals surface area contributed by atoms with Gasteiger partial charge in [-0.1, -0.05) is 6.07 Å². The van der Waals surface area contributed by atoms with Gasteiger partial charge in [0.2, 0.25) is 0 Å². The Labute approximate surface area is 127 Å². The molecule has 0 aliphatic carbocycles. The highest BCUT2D eigenvalue weighted by Gasteiger charge is 2.12. The molecule has 1 amide bonds. The number of likely N-dealkylation sites (N-methyl/N-ethyl adjacent to an activating group) is 1. The molecule has 0 aliphatic heterocycles. The minimum Gasteiger partial charge on any atom is -0.302 e. The molecule has 6 heteroatoms. The summed E-state index contributed by atoms with van der Waals surface area (Å²) in [6, 6.07) is 6.18. The molecule has 2 aromatic heterocycles. The smallest absolute Gasteiger partial charge is 0.275 e. The summed E-state index contributed by atoms with van der Waals surface area (Å²) in [5.41, 5.74) is 3.37. The van der Waals surface area contributed by atoms with E-state index < -0.39 is 0 Å². The van der Waals surface area contributed by atoms with Crippen LogP contribution in [-0.4, -0.2) is 24.4 Å². The lowest BCUT2D eigenvalue weighted by atomic mass is 10.2. The number of rotatable bonds is 6. The van der Waals surface area contributed by atoms with Gasteiger partial charge in [-0.3, -0.25) is 10.2 Å². The van der Waals surface area contributed by atoms with Gasteiger partial charge in [0.05, 0.1) is 4.88 Å². The molecule has 0 saturated carbocycles. The Kier molecular flexibility index (Phi) is 5.31. The molecule has 0 spiro atoms. The second-order valence-corrected chi connectivity index (χ2v) is 7.02. The first kappa shape index (κ1) is 15.2. The number of aryl methyl sites for hydroxylation is 1. The monoisotopic (exact) mass is 309 g/mol. The van der Waals surface area contributed by atoms with Gasteiger partial charge in [0, 0.05) is 22.8 Å². The number of carbonyl (C=O) groups is 1. The van der Waals surface area contributed by atoms with Crippen molar-refractivity contribution in [3.05, 3.63) is 43.8 Å². The lowest BCUT2D eigenvalue weighted by molar-refractivity contribution is 0.0957. The normalized spacial score (nSPS) is 11.0. The van der Waals surface area contributed by atoms with E-state index in [9.17, 15) is 4.79 Å². The van der Waals surface area contributed by atoms with Crippen molar-refractivity contribution in [2.75, 3.05) is 13.6 Å². The molecule has 0 bridgehead atoms. The molecule has 4 nitrogen and oxygen atoms in total. The number of thiophene rings is 2. The average Bonchev–Trinajstić information content (AvgIpc) is 3.06. The van der Waals surface area contributed by atoms with E-state index in [1.807, 2.05) is 13.0 Å². The third-order valence-corrected chi connectivity index (χ3v) is 5.16. The zero-order chi connectivity index (χ0) is 14.5. The molecule has 20 heavy (non-hydrogen) atoms. The number of hydrogen-bond donors (Lipinski definition) is 2. The fourth-order valence-corrected chi connectivity index (χ4v) is 3.62. The Hall–Kier alpha value is -1.21. The number of nitrogen functional groups attached to an aromatic ring is 1. The summed E-state index contributed by atoms with van der Waals surface area (Å²) in [5.74, 6) is 4.95. The van der Waals surface area contributed by atoms with Crippen molar-refractivity contribution >= 4 is 28.6 Å². The fourth-order valence-electron chi connectivity index (χ4n) is 1.99. The molecule has 0 fully saturated rings. The molecule has 0 aliphatic rings. The number of amides is 1. The highest BCUT2D eigenvalue weighted by Crippen LogP contribution is 2.22. The maximum Gasteiger partial charge on any atom is 0.275 e. The van der Waals surface area contributed by atoms with Gasteiger partial charge in [-0.15, -0.1) is 22.7 Å². The van der Waals surface area contributed by atoms with Crippen LogP contribution in [0.2, 0.25) is 0 Å². The van der Waals surface area contributed by atoms with E-state index >= 15 is 0 Å². The van der Waals surface area contributed by atoms with Gasteiger partial charge in [-0.25, -0.2) is 5.84 Å². The number of nitrogens with zero attached hydrogens (tertiary/aromatic N) is 1. The van der Waals surface area contributed by atoms with E-state index in [1.165, 1.54) is 26.7 Å². The molecule has 108 valence electrons. The summed E-state index contributed by atoms with van der Waals surface area (Å²) in [4.78, 5) is 17.0. The zero-order valence-electron chi connectivity index (χ0n) is 11.7. The molecule has 3 N–H and O–H groups in total. The molecule has 0 saturated heterocycles. The van der Waals surface area contributed by atoms with Crippen molar-refractivity contribution in [1.82, 2.24) is 10.3 Å². The van der Waals surface area contributed by atoms with E-state index in [0.717, 1.165) is 19.5 Å². The minimum atomic E-state index is -0.217. The van der Waals surface area contributed by atoms with E-state index in [2.05, 4.69) is 34.9 Å². The average molecular weight is 309 g/mol. The van der Waals surface area contributed by atoms with Gasteiger partial charge >= 0.3 is 0 Å². The van der Waals surface area contributed by atoms with Crippen LogP contribution < -0.4 is 11.3 Å². The second-order valence-electron chi connectivity index (χ2n) is 4.73. The molecule has 2 heterocycles. The third-order valence-electron chi connectivity index (χ3n) is 3.14. The molecule has 0 aromatic carbocycles. The van der Waals surface area contributed by atoms with Crippen LogP contribution in [0.25, 0.3) is 0 Å². The Morgan fingerprint density at radius 2 is 2.30 bits per heavy atom. The van der Waals surface area contributed by atoms with Crippen LogP contribution in [0.15, 0.2) is 23.6 Å². The van der Waals surface area contributed by atoms with Crippen LogP contribution in [-0.2, 0) is 13.0 Å². The number of hydrazine groups is 1. The SMILES string of the molecule is Cc1sc(C(=O)NN)cc1CN(C)CCc1cccs1. The van der Waals surface area contributed by atoms with Crippen LogP contribution >= 0.6 is 22.7 Å². The van der Waals surface area contributed by atoms with Crippen molar-refractivity contribution in [2.45, 2.75) is 19.9 Å². The summed E-state index contributed by atoms with van der Waals surface area (Å²) in [6.07, 6.45) is 1.06. The molecule has 2 rings (SSSR count). The standard InChI is InChI=1S/C14H19N3OS2/c1-10-11(8-13(20-10)14(18)16-15)9-17(2)6-5-12-4-3-7-19-12/h3-4,7-8H,5-6,9,15H2,1-2H3,(H,16,18). The number of hydrogen-bond acceptors (Lipinski definition) is 5. The minimum absolute atomic E-state index is 0.217. The van der Waals surface area contributed by atoms with E-state index in [1.54, 1.807) is 11.3 Å². The Bertz CT molecular complexity index is 563. The van der Waals surface area contributed by atoms with Crippen molar-refractivity contribution in [3.8, 4) is 0 Å². The lowest BCUT2D eigenvalue weighted by Crippen LogP contribution is -2.29. The molecular weight excluding hydrogens is 290 g/mol. The first-order chi connectivity index (χ1) is 9.60. The van der Waals surface area contributed by atoms with E-state index in [-0.39, 0.29) is 5.91 Å². The summed E-state index contributed by atoms with van der Waals surface area (Å²) in [7, 11) is 2.10. The van der Waals surface area contributed by atoms with Crippen LogP contribution in [0.5, 0.6) is 0 Å². The van der Waals surface area contributed by atoms with E-state index in [0.29, 0.717) is 4.88 Å². The van der Waals surface area contributed by atoms with Crippen LogP contribution in [0.1, 0.15) is 25.0 Å². The Balaban J connectivity index is 1.92. The van der Waals surface area contributed by atoms with Gasteiger partial charge in [0.1, 0.15) is 0 Å². The highest BCUT2D eigenvalue weighted by atomic mass is 32.1. The highest BCUT2D eigenvalue weighted by molar-refractivity contribution is 7.14.